The van der Waals surface area contributed by atoms with Gasteiger partial charge in [0, 0.05) is 11.9 Å². The van der Waals surface area contributed by atoms with E-state index < -0.39 is 32.2 Å². The van der Waals surface area contributed by atoms with E-state index in [9.17, 15) is 21.6 Å². The van der Waals surface area contributed by atoms with Crippen molar-refractivity contribution in [2.24, 2.45) is 0 Å². The normalized spacial score (nSPS) is 11.8. The maximum absolute atomic E-state index is 12.9. The molecule has 0 saturated heterocycles. The van der Waals surface area contributed by atoms with Gasteiger partial charge in [0.25, 0.3) is 10.0 Å². The highest BCUT2D eigenvalue weighted by molar-refractivity contribution is 7.92. The molecule has 2 aromatic rings. The Labute approximate surface area is 130 Å². The predicted octanol–water partition coefficient (Wildman–Crippen LogP) is 3.08. The van der Waals surface area contributed by atoms with Crippen molar-refractivity contribution in [1.82, 2.24) is 4.98 Å². The largest absolute Gasteiger partial charge is 0.417 e. The van der Waals surface area contributed by atoms with Gasteiger partial charge in [-0.3, -0.25) is 9.71 Å². The van der Waals surface area contributed by atoms with Gasteiger partial charge in [-0.15, -0.1) is 0 Å². The average molecular weight is 341 g/mol. The zero-order chi connectivity index (χ0) is 17.3. The highest BCUT2D eigenvalue weighted by Crippen LogP contribution is 2.33. The summed E-state index contributed by atoms with van der Waals surface area (Å²) < 4.78 is 65.3. The summed E-state index contributed by atoms with van der Waals surface area (Å²) in [4.78, 5) is 3.31. The van der Waals surface area contributed by atoms with Crippen molar-refractivity contribution < 1.29 is 21.6 Å². The van der Waals surface area contributed by atoms with Crippen LogP contribution in [0.1, 0.15) is 16.8 Å². The topological polar surface area (TPSA) is 82.9 Å². The van der Waals surface area contributed by atoms with Crippen LogP contribution < -0.4 is 4.72 Å². The molecular weight excluding hydrogens is 331 g/mol. The summed E-state index contributed by atoms with van der Waals surface area (Å²) in [6.07, 6.45) is -3.46. The van der Waals surface area contributed by atoms with Gasteiger partial charge in [-0.1, -0.05) is 0 Å². The number of hydrogen-bond acceptors (Lipinski definition) is 4. The van der Waals surface area contributed by atoms with Crippen molar-refractivity contribution in [3.63, 3.8) is 0 Å². The van der Waals surface area contributed by atoms with Crippen LogP contribution >= 0.6 is 0 Å². The van der Waals surface area contributed by atoms with Crippen LogP contribution in [0.3, 0.4) is 0 Å². The lowest BCUT2D eigenvalue weighted by Gasteiger charge is -2.12. The van der Waals surface area contributed by atoms with Crippen LogP contribution in [0.4, 0.5) is 18.9 Å². The molecule has 23 heavy (non-hydrogen) atoms. The molecule has 0 aliphatic carbocycles. The van der Waals surface area contributed by atoms with Crippen LogP contribution in [0.15, 0.2) is 41.4 Å². The Balaban J connectivity index is 2.47. The number of aryl methyl sites for hydroxylation is 1. The first-order chi connectivity index (χ1) is 10.6. The summed E-state index contributed by atoms with van der Waals surface area (Å²) in [5.41, 5.74) is -1.22. The third-order valence-electron chi connectivity index (χ3n) is 2.88. The minimum atomic E-state index is -4.83. The van der Waals surface area contributed by atoms with E-state index in [-0.39, 0.29) is 5.69 Å². The number of pyridine rings is 1. The monoisotopic (exact) mass is 341 g/mol. The number of aromatic nitrogens is 1. The fourth-order valence-electron chi connectivity index (χ4n) is 1.85. The molecule has 0 aliphatic heterocycles. The number of nitrogens with zero attached hydrogens (tertiary/aromatic N) is 2. The lowest BCUT2D eigenvalue weighted by Crippen LogP contribution is -2.15. The fourth-order valence-corrected chi connectivity index (χ4v) is 2.92. The first-order valence-electron chi connectivity index (χ1n) is 6.20. The lowest BCUT2D eigenvalue weighted by molar-refractivity contribution is -0.137. The van der Waals surface area contributed by atoms with Crippen LogP contribution in [0.25, 0.3) is 0 Å². The summed E-state index contributed by atoms with van der Waals surface area (Å²) in [7, 11) is -4.23. The average Bonchev–Trinajstić information content (AvgIpc) is 2.45. The van der Waals surface area contributed by atoms with E-state index in [1.165, 1.54) is 24.4 Å². The van der Waals surface area contributed by atoms with Gasteiger partial charge in [0.15, 0.2) is 0 Å². The Morgan fingerprint density at radius 1 is 1.22 bits per heavy atom. The molecule has 0 fully saturated rings. The van der Waals surface area contributed by atoms with E-state index in [0.717, 1.165) is 12.1 Å². The molecule has 0 atom stereocenters. The predicted molar refractivity (Wildman–Crippen MR) is 75.9 cm³/mol. The number of nitrogens with one attached hydrogen (secondary N) is 1. The molecule has 1 aromatic heterocycles. The number of anilines is 1. The second-order valence-corrected chi connectivity index (χ2v) is 6.29. The number of alkyl halides is 3. The smallest absolute Gasteiger partial charge is 0.280 e. The minimum absolute atomic E-state index is 0.176. The highest BCUT2D eigenvalue weighted by atomic mass is 32.2. The van der Waals surface area contributed by atoms with E-state index in [0.29, 0.717) is 11.8 Å². The third kappa shape index (κ3) is 3.78. The molecule has 0 spiro atoms. The molecule has 120 valence electrons. The molecule has 0 amide bonds. The lowest BCUT2D eigenvalue weighted by atomic mass is 10.1. The van der Waals surface area contributed by atoms with Gasteiger partial charge < -0.3 is 0 Å². The number of rotatable bonds is 3. The molecule has 1 aromatic carbocycles. The molecular formula is C14H10F3N3O2S. The maximum atomic E-state index is 12.9. The minimum Gasteiger partial charge on any atom is -0.280 e. The van der Waals surface area contributed by atoms with Crippen LogP contribution in [-0.4, -0.2) is 13.4 Å². The van der Waals surface area contributed by atoms with E-state index in [1.54, 1.807) is 6.92 Å². The van der Waals surface area contributed by atoms with E-state index in [1.807, 2.05) is 0 Å². The summed E-state index contributed by atoms with van der Waals surface area (Å²) in [6.45, 7) is 1.64. The van der Waals surface area contributed by atoms with Gasteiger partial charge in [0.2, 0.25) is 0 Å². The highest BCUT2D eigenvalue weighted by Gasteiger charge is 2.35. The van der Waals surface area contributed by atoms with Gasteiger partial charge in [-0.2, -0.15) is 18.4 Å². The number of hydrogen-bond donors (Lipinski definition) is 1. The number of benzene rings is 1. The Kier molecular flexibility index (Phi) is 4.29. The zero-order valence-corrected chi connectivity index (χ0v) is 12.5. The fraction of sp³-hybridized carbons (Fsp3) is 0.143. The molecule has 0 aliphatic rings. The maximum Gasteiger partial charge on any atom is 0.417 e. The van der Waals surface area contributed by atoms with Crippen LogP contribution in [0.2, 0.25) is 0 Å². The molecule has 0 saturated carbocycles. The third-order valence-corrected chi connectivity index (χ3v) is 4.26. The summed E-state index contributed by atoms with van der Waals surface area (Å²) >= 11 is 0. The molecule has 0 radical (unpaired) electrons. The second-order valence-electron chi connectivity index (χ2n) is 4.61. The Bertz CT molecular complexity index is 887. The SMILES string of the molecule is Cc1cc(NS(=O)(=O)c2ccc(C#N)c(C(F)(F)F)c2)ccn1. The van der Waals surface area contributed by atoms with Crippen LogP contribution in [-0.2, 0) is 16.2 Å². The standard InChI is InChI=1S/C14H10F3N3O2S/c1-9-6-11(4-5-19-9)20-23(21,22)12-3-2-10(8-18)13(7-12)14(15,16)17/h2-7H,1H3,(H,19,20). The molecule has 1 N–H and O–H groups in total. The summed E-state index contributed by atoms with van der Waals surface area (Å²) in [5.74, 6) is 0. The Hall–Kier alpha value is -2.60. The molecule has 9 heteroatoms. The van der Waals surface area contributed by atoms with Gasteiger partial charge in [-0.25, -0.2) is 8.42 Å². The van der Waals surface area contributed by atoms with E-state index >= 15 is 0 Å². The van der Waals surface area contributed by atoms with Gasteiger partial charge in [-0.05, 0) is 37.3 Å². The Morgan fingerprint density at radius 3 is 2.48 bits per heavy atom. The molecule has 5 nitrogen and oxygen atoms in total. The van der Waals surface area contributed by atoms with Crippen LogP contribution in [0.5, 0.6) is 0 Å². The molecule has 0 bridgehead atoms. The molecule has 2 rings (SSSR count). The van der Waals surface area contributed by atoms with Crippen molar-refractivity contribution in [3.8, 4) is 6.07 Å². The Morgan fingerprint density at radius 2 is 1.91 bits per heavy atom. The molecule has 0 unspecified atom stereocenters. The van der Waals surface area contributed by atoms with E-state index in [2.05, 4.69) is 9.71 Å². The van der Waals surface area contributed by atoms with Gasteiger partial charge in [0.05, 0.1) is 27.8 Å². The summed E-state index contributed by atoms with van der Waals surface area (Å²) in [6, 6.07) is 6.42. The van der Waals surface area contributed by atoms with Crippen molar-refractivity contribution in [1.29, 1.82) is 5.26 Å². The van der Waals surface area contributed by atoms with Crippen molar-refractivity contribution in [3.05, 3.63) is 53.3 Å². The van der Waals surface area contributed by atoms with E-state index in [4.69, 9.17) is 5.26 Å². The number of halogens is 3. The summed E-state index contributed by atoms with van der Waals surface area (Å²) in [5, 5.41) is 8.72. The zero-order valence-electron chi connectivity index (χ0n) is 11.7. The van der Waals surface area contributed by atoms with Crippen LogP contribution in [0, 0.1) is 18.3 Å². The second kappa shape index (κ2) is 5.89. The molecule has 1 heterocycles. The quantitative estimate of drug-likeness (QED) is 0.930. The van der Waals surface area contributed by atoms with Crippen molar-refractivity contribution >= 4 is 15.7 Å². The van der Waals surface area contributed by atoms with Crippen molar-refractivity contribution in [2.75, 3.05) is 4.72 Å². The number of nitriles is 1. The van der Waals surface area contributed by atoms with Gasteiger partial charge in [0.1, 0.15) is 0 Å². The first kappa shape index (κ1) is 16.8. The first-order valence-corrected chi connectivity index (χ1v) is 7.68. The van der Waals surface area contributed by atoms with Gasteiger partial charge >= 0.3 is 6.18 Å². The number of sulfonamides is 1. The van der Waals surface area contributed by atoms with Crippen molar-refractivity contribution in [2.45, 2.75) is 18.0 Å².